The maximum absolute atomic E-state index is 14.3. The molecule has 52 heavy (non-hydrogen) atoms. The van der Waals surface area contributed by atoms with Gasteiger partial charge in [-0.2, -0.15) is 0 Å². The zero-order valence-electron chi connectivity index (χ0n) is 29.8. The molecular weight excluding hydrogens is 664 g/mol. The van der Waals surface area contributed by atoms with Crippen molar-refractivity contribution in [2.45, 2.75) is 76.7 Å². The number of fused-ring (bicyclic) bond motifs is 1. The summed E-state index contributed by atoms with van der Waals surface area (Å²) in [5, 5.41) is 8.78. The van der Waals surface area contributed by atoms with E-state index in [0.29, 0.717) is 29.4 Å². The Morgan fingerprint density at radius 3 is 1.98 bits per heavy atom. The van der Waals surface area contributed by atoms with E-state index in [9.17, 15) is 28.8 Å². The Morgan fingerprint density at radius 2 is 1.37 bits per heavy atom. The number of ether oxygens (including phenoxy) is 1. The van der Waals surface area contributed by atoms with Crippen LogP contribution in [0.25, 0.3) is 10.9 Å². The summed E-state index contributed by atoms with van der Waals surface area (Å²) in [6, 6.07) is 22.1. The van der Waals surface area contributed by atoms with Gasteiger partial charge < -0.3 is 31.3 Å². The average molecular weight is 711 g/mol. The van der Waals surface area contributed by atoms with E-state index in [1.807, 2.05) is 60.7 Å². The number of likely N-dealkylation sites (N-methyl/N-ethyl adjacent to an activating group) is 1. The molecule has 0 unspecified atom stereocenters. The highest BCUT2D eigenvalue weighted by Gasteiger charge is 2.32. The Balaban J connectivity index is 1.67. The highest BCUT2D eigenvalue weighted by Crippen LogP contribution is 2.22. The summed E-state index contributed by atoms with van der Waals surface area (Å²) in [4.78, 5) is 80.0. The predicted molar refractivity (Wildman–Crippen MR) is 196 cm³/mol. The van der Waals surface area contributed by atoms with Crippen molar-refractivity contribution in [1.82, 2.24) is 25.4 Å². The molecule has 0 saturated carbocycles. The van der Waals surface area contributed by atoms with Crippen molar-refractivity contribution in [2.24, 2.45) is 5.73 Å². The van der Waals surface area contributed by atoms with Gasteiger partial charge in [-0.1, -0.05) is 78.9 Å². The average Bonchev–Trinajstić information content (AvgIpc) is 3.46. The van der Waals surface area contributed by atoms with Gasteiger partial charge in [0.2, 0.25) is 30.0 Å². The predicted octanol–water partition coefficient (Wildman–Crippen LogP) is 3.25. The molecule has 0 spiro atoms. The second-order valence-electron chi connectivity index (χ2n) is 13.6. The van der Waals surface area contributed by atoms with Gasteiger partial charge in [0, 0.05) is 44.4 Å². The molecule has 0 fully saturated rings. The van der Waals surface area contributed by atoms with E-state index >= 15 is 0 Å². The zero-order chi connectivity index (χ0) is 37.8. The van der Waals surface area contributed by atoms with Crippen molar-refractivity contribution in [2.75, 3.05) is 7.05 Å². The number of benzene rings is 3. The number of para-hydroxylation sites is 1. The van der Waals surface area contributed by atoms with Crippen LogP contribution < -0.4 is 21.7 Å². The Bertz CT molecular complexity index is 1870. The fraction of sp³-hybridized carbons (Fsp3) is 0.333. The maximum atomic E-state index is 14.3. The molecule has 0 radical (unpaired) electrons. The minimum absolute atomic E-state index is 0.0833. The first-order chi connectivity index (χ1) is 24.7. The number of alkyl carbamates (subject to hydrolysis) is 1. The van der Waals surface area contributed by atoms with E-state index in [1.54, 1.807) is 58.3 Å². The maximum Gasteiger partial charge on any atom is 0.408 e. The fourth-order valence-corrected chi connectivity index (χ4v) is 5.76. The molecule has 5 N–H and O–H groups in total. The first-order valence-corrected chi connectivity index (χ1v) is 17.0. The van der Waals surface area contributed by atoms with Gasteiger partial charge in [-0.3, -0.25) is 28.5 Å². The number of hydrogen-bond acceptors (Lipinski definition) is 7. The van der Waals surface area contributed by atoms with Crippen LogP contribution >= 0.6 is 0 Å². The van der Waals surface area contributed by atoms with Gasteiger partial charge >= 0.3 is 6.09 Å². The van der Waals surface area contributed by atoms with Gasteiger partial charge in [0.1, 0.15) is 23.7 Å². The molecule has 0 aliphatic carbocycles. The van der Waals surface area contributed by atoms with Gasteiger partial charge in [-0.15, -0.1) is 0 Å². The number of nitrogens with two attached hydrogens (primary N) is 1. The van der Waals surface area contributed by atoms with Crippen molar-refractivity contribution in [3.8, 4) is 0 Å². The normalized spacial score (nSPS) is 12.9. The standard InChI is InChI=1S/C39H46N6O7/c1-39(2,3)52-38(51)43-30(19-20-34(40)47)35(48)41-31(22-28-24-45(25-46)33-18-12-11-17-29(28)33)36(49)42-32(21-26-13-7-5-8-14-26)37(50)44(4)23-27-15-9-6-10-16-27/h5-18,24-25,30-32H,19-23H2,1-4H3,(H2,40,47)(H,41,48)(H,42,49)(H,43,51)/t30-,31+,32-/m0/s1. The summed E-state index contributed by atoms with van der Waals surface area (Å²) < 4.78 is 6.71. The largest absolute Gasteiger partial charge is 0.444 e. The van der Waals surface area contributed by atoms with Crippen molar-refractivity contribution < 1.29 is 33.5 Å². The highest BCUT2D eigenvalue weighted by molar-refractivity contribution is 5.95. The van der Waals surface area contributed by atoms with Crippen molar-refractivity contribution in [1.29, 1.82) is 0 Å². The fourth-order valence-electron chi connectivity index (χ4n) is 5.76. The number of nitrogens with zero attached hydrogens (tertiary/aromatic N) is 2. The zero-order valence-corrected chi connectivity index (χ0v) is 29.8. The SMILES string of the molecule is CN(Cc1ccccc1)C(=O)[C@H](Cc1ccccc1)NC(=O)[C@@H](Cc1cn(C=O)c2ccccc12)NC(=O)[C@H](CCC(N)=O)NC(=O)OC(C)(C)C. The summed E-state index contributed by atoms with van der Waals surface area (Å²) in [7, 11) is 1.65. The number of rotatable bonds is 16. The highest BCUT2D eigenvalue weighted by atomic mass is 16.6. The monoisotopic (exact) mass is 710 g/mol. The molecule has 0 saturated heterocycles. The number of aromatic nitrogens is 1. The van der Waals surface area contributed by atoms with E-state index in [-0.39, 0.29) is 31.6 Å². The summed E-state index contributed by atoms with van der Waals surface area (Å²) in [6.07, 6.45) is 0.992. The lowest BCUT2D eigenvalue weighted by atomic mass is 10.0. The molecule has 274 valence electrons. The van der Waals surface area contributed by atoms with Crippen LogP contribution in [0.2, 0.25) is 0 Å². The first-order valence-electron chi connectivity index (χ1n) is 17.0. The molecule has 0 bridgehead atoms. The van der Waals surface area contributed by atoms with Crippen molar-refractivity contribution in [3.63, 3.8) is 0 Å². The lowest BCUT2D eigenvalue weighted by Crippen LogP contribution is -2.58. The molecular formula is C39H46N6O7. The molecule has 13 heteroatoms. The van der Waals surface area contributed by atoms with Crippen molar-refractivity contribution in [3.05, 3.63) is 108 Å². The number of nitrogens with one attached hydrogen (secondary N) is 3. The molecule has 1 aromatic heterocycles. The van der Waals surface area contributed by atoms with E-state index in [1.165, 1.54) is 9.47 Å². The van der Waals surface area contributed by atoms with Crippen LogP contribution in [0.5, 0.6) is 0 Å². The summed E-state index contributed by atoms with van der Waals surface area (Å²) in [6.45, 7) is 5.27. The number of primary amides is 1. The van der Waals surface area contributed by atoms with Crippen LogP contribution in [0.15, 0.2) is 91.1 Å². The van der Waals surface area contributed by atoms with E-state index in [2.05, 4.69) is 16.0 Å². The van der Waals surface area contributed by atoms with Crippen LogP contribution in [0, 0.1) is 0 Å². The Morgan fingerprint density at radius 1 is 0.788 bits per heavy atom. The molecule has 4 aromatic rings. The van der Waals surface area contributed by atoms with Gasteiger partial charge in [-0.05, 0) is 49.9 Å². The third-order valence-corrected chi connectivity index (χ3v) is 8.22. The second-order valence-corrected chi connectivity index (χ2v) is 13.6. The van der Waals surface area contributed by atoms with Crippen molar-refractivity contribution >= 4 is 47.0 Å². The van der Waals surface area contributed by atoms with E-state index < -0.39 is 47.5 Å². The van der Waals surface area contributed by atoms with Crippen LogP contribution in [-0.2, 0) is 48.1 Å². The minimum Gasteiger partial charge on any atom is -0.444 e. The number of amides is 5. The lowest BCUT2D eigenvalue weighted by molar-refractivity contribution is -0.137. The van der Waals surface area contributed by atoms with E-state index in [4.69, 9.17) is 10.5 Å². The summed E-state index contributed by atoms with van der Waals surface area (Å²) >= 11 is 0. The Kier molecular flexibility index (Phi) is 13.3. The number of carbonyl (C=O) groups excluding carboxylic acids is 6. The van der Waals surface area contributed by atoms with Crippen LogP contribution in [0.1, 0.15) is 50.3 Å². The van der Waals surface area contributed by atoms with Crippen LogP contribution in [0.3, 0.4) is 0 Å². The molecule has 4 rings (SSSR count). The molecule has 5 amide bonds. The third kappa shape index (κ3) is 11.3. The quantitative estimate of drug-likeness (QED) is 0.129. The Hall–Kier alpha value is -5.98. The number of hydrogen-bond donors (Lipinski definition) is 4. The molecule has 3 atom stereocenters. The number of carbonyl (C=O) groups is 6. The van der Waals surface area contributed by atoms with Crippen LogP contribution in [0.4, 0.5) is 4.79 Å². The third-order valence-electron chi connectivity index (χ3n) is 8.22. The molecule has 1 heterocycles. The van der Waals surface area contributed by atoms with Gasteiger partial charge in [0.05, 0.1) is 5.52 Å². The Labute approximate surface area is 302 Å². The lowest BCUT2D eigenvalue weighted by Gasteiger charge is -2.28. The topological polar surface area (TPSA) is 182 Å². The molecule has 0 aliphatic heterocycles. The first kappa shape index (κ1) is 38.8. The molecule has 13 nitrogen and oxygen atoms in total. The van der Waals surface area contributed by atoms with Gasteiger partial charge in [0.25, 0.3) is 0 Å². The minimum atomic E-state index is -1.30. The van der Waals surface area contributed by atoms with Gasteiger partial charge in [-0.25, -0.2) is 4.79 Å². The smallest absolute Gasteiger partial charge is 0.408 e. The molecule has 0 aliphatic rings. The van der Waals surface area contributed by atoms with Crippen LogP contribution in [-0.4, -0.2) is 76.4 Å². The van der Waals surface area contributed by atoms with E-state index in [0.717, 1.165) is 11.1 Å². The summed E-state index contributed by atoms with van der Waals surface area (Å²) in [5.74, 6) is -2.50. The summed E-state index contributed by atoms with van der Waals surface area (Å²) in [5.41, 5.74) is 7.37. The van der Waals surface area contributed by atoms with Gasteiger partial charge in [0.15, 0.2) is 0 Å². The second kappa shape index (κ2) is 17.8. The molecule has 3 aromatic carbocycles.